The van der Waals surface area contributed by atoms with Gasteiger partial charge in [0.05, 0.1) is 0 Å². The van der Waals surface area contributed by atoms with Crippen LogP contribution in [0.3, 0.4) is 0 Å². The number of benzene rings is 1. The number of halogens is 4. The van der Waals surface area contributed by atoms with Crippen LogP contribution in [0.2, 0.25) is 5.02 Å². The van der Waals surface area contributed by atoms with E-state index in [2.05, 4.69) is 0 Å². The summed E-state index contributed by atoms with van der Waals surface area (Å²) in [5.74, 6) is 0. The Morgan fingerprint density at radius 1 is 1.08 bits per heavy atom. The van der Waals surface area contributed by atoms with Gasteiger partial charge in [-0.25, -0.2) is 0 Å². The molecule has 0 fully saturated rings. The largest absolute Gasteiger partial charge is 0.510 e. The molecule has 1 rings (SSSR count). The van der Waals surface area contributed by atoms with E-state index < -0.39 is 12.4 Å². The van der Waals surface area contributed by atoms with Crippen LogP contribution >= 0.6 is 11.6 Å². The highest BCUT2D eigenvalue weighted by atomic mass is 35.5. The van der Waals surface area contributed by atoms with E-state index in [0.717, 1.165) is 0 Å². The van der Waals surface area contributed by atoms with Crippen molar-refractivity contribution in [1.82, 2.24) is 0 Å². The zero-order valence-corrected chi connectivity index (χ0v) is 8.00. The van der Waals surface area contributed by atoms with Crippen LogP contribution in [0, 0.1) is 13.8 Å². The minimum Gasteiger partial charge on any atom is -0.445 e. The first kappa shape index (κ1) is 10.4. The fourth-order valence-corrected chi connectivity index (χ4v) is 1.77. The van der Waals surface area contributed by atoms with Crippen molar-refractivity contribution in [2.24, 2.45) is 0 Å². The normalized spacial score (nSPS) is 11.8. The lowest BCUT2D eigenvalue weighted by atomic mass is 9.74. The fourth-order valence-electron chi connectivity index (χ4n) is 1.44. The molecule has 0 unspecified atom stereocenters. The van der Waals surface area contributed by atoms with E-state index in [1.165, 1.54) is 26.0 Å². The Balaban J connectivity index is 3.38. The van der Waals surface area contributed by atoms with E-state index in [0.29, 0.717) is 5.02 Å². The first-order chi connectivity index (χ1) is 5.82. The quantitative estimate of drug-likeness (QED) is 0.621. The summed E-state index contributed by atoms with van der Waals surface area (Å²) in [5.41, 5.74) is -0.139. The van der Waals surface area contributed by atoms with Gasteiger partial charge in [0, 0.05) is 5.02 Å². The molecule has 1 aromatic rings. The third-order valence-corrected chi connectivity index (χ3v) is 2.10. The Labute approximate surface area is 79.8 Å². The van der Waals surface area contributed by atoms with Gasteiger partial charge in [0.15, 0.2) is 0 Å². The van der Waals surface area contributed by atoms with Crippen LogP contribution in [0.5, 0.6) is 0 Å². The molecule has 0 aliphatic heterocycles. The molecule has 0 bridgehead atoms. The van der Waals surface area contributed by atoms with Gasteiger partial charge < -0.3 is 12.9 Å². The number of hydrogen-bond acceptors (Lipinski definition) is 0. The summed E-state index contributed by atoms with van der Waals surface area (Å²) in [6.45, 7) is -2.09. The first-order valence-corrected chi connectivity index (χ1v) is 4.16. The predicted molar refractivity (Wildman–Crippen MR) is 49.6 cm³/mol. The SMILES string of the molecule is Cc1cc(Cl)cc(C)c1[B-](F)(F)F. The lowest BCUT2D eigenvalue weighted by Gasteiger charge is -2.20. The highest BCUT2D eigenvalue weighted by Crippen LogP contribution is 2.18. The maximum atomic E-state index is 12.5. The molecule has 0 saturated heterocycles. The molecule has 5 heteroatoms. The monoisotopic (exact) mass is 207 g/mol. The Morgan fingerprint density at radius 2 is 1.46 bits per heavy atom. The van der Waals surface area contributed by atoms with E-state index in [-0.39, 0.29) is 11.1 Å². The average Bonchev–Trinajstić information content (AvgIpc) is 1.78. The molecule has 0 radical (unpaired) electrons. The molecule has 0 atom stereocenters. The highest BCUT2D eigenvalue weighted by molar-refractivity contribution is 6.74. The average molecular weight is 207 g/mol. The van der Waals surface area contributed by atoms with Crippen LogP contribution in [0.15, 0.2) is 12.1 Å². The smallest absolute Gasteiger partial charge is 0.445 e. The lowest BCUT2D eigenvalue weighted by Crippen LogP contribution is -2.38. The van der Waals surface area contributed by atoms with Gasteiger partial charge in [-0.2, -0.15) is 0 Å². The van der Waals surface area contributed by atoms with Crippen LogP contribution in [0.25, 0.3) is 0 Å². The fraction of sp³-hybridized carbons (Fsp3) is 0.250. The molecule has 0 spiro atoms. The molecule has 0 aliphatic carbocycles. The van der Waals surface area contributed by atoms with Gasteiger partial charge >= 0.3 is 6.98 Å². The molecule has 0 heterocycles. The van der Waals surface area contributed by atoms with Crippen molar-refractivity contribution in [3.05, 3.63) is 28.3 Å². The molecule has 0 saturated carbocycles. The van der Waals surface area contributed by atoms with Gasteiger partial charge in [-0.3, -0.25) is 0 Å². The van der Waals surface area contributed by atoms with E-state index in [1.807, 2.05) is 0 Å². The minimum atomic E-state index is -4.93. The standard InChI is InChI=1S/C8H8BClF3/c1-5-3-7(10)4-6(2)8(5)9(11,12)13/h3-4H,1-2H3/q-1. The van der Waals surface area contributed by atoms with Crippen LogP contribution in [0.1, 0.15) is 11.1 Å². The van der Waals surface area contributed by atoms with Gasteiger partial charge in [-0.1, -0.05) is 22.7 Å². The maximum absolute atomic E-state index is 12.5. The Morgan fingerprint density at radius 3 is 1.77 bits per heavy atom. The molecule has 13 heavy (non-hydrogen) atoms. The molecule has 0 N–H and O–H groups in total. The van der Waals surface area contributed by atoms with E-state index in [1.54, 1.807) is 0 Å². The maximum Gasteiger partial charge on any atom is 0.510 e. The van der Waals surface area contributed by atoms with Crippen molar-refractivity contribution in [3.63, 3.8) is 0 Å². The molecule has 0 aromatic heterocycles. The van der Waals surface area contributed by atoms with E-state index in [9.17, 15) is 12.9 Å². The molecular weight excluding hydrogens is 199 g/mol. The summed E-state index contributed by atoms with van der Waals surface area (Å²) >= 11 is 5.61. The molecule has 0 amide bonds. The van der Waals surface area contributed by atoms with Crippen molar-refractivity contribution >= 4 is 24.0 Å². The van der Waals surface area contributed by atoms with Crippen molar-refractivity contribution in [3.8, 4) is 0 Å². The second-order valence-electron chi connectivity index (χ2n) is 3.03. The van der Waals surface area contributed by atoms with Crippen LogP contribution in [0.4, 0.5) is 12.9 Å². The van der Waals surface area contributed by atoms with Crippen molar-refractivity contribution in [2.45, 2.75) is 13.8 Å². The van der Waals surface area contributed by atoms with E-state index in [4.69, 9.17) is 11.6 Å². The number of hydrogen-bond donors (Lipinski definition) is 0. The highest BCUT2D eigenvalue weighted by Gasteiger charge is 2.28. The summed E-state index contributed by atoms with van der Waals surface area (Å²) in [7, 11) is 0. The van der Waals surface area contributed by atoms with Crippen molar-refractivity contribution in [1.29, 1.82) is 0 Å². The second-order valence-corrected chi connectivity index (χ2v) is 3.46. The van der Waals surface area contributed by atoms with Gasteiger partial charge in [0.2, 0.25) is 0 Å². The summed E-state index contributed by atoms with van der Waals surface area (Å²) in [6.07, 6.45) is 0. The molecule has 0 aliphatic rings. The summed E-state index contributed by atoms with van der Waals surface area (Å²) in [6, 6.07) is 2.66. The summed E-state index contributed by atoms with van der Waals surface area (Å²) in [5, 5.41) is 0.346. The van der Waals surface area contributed by atoms with Crippen LogP contribution < -0.4 is 5.46 Å². The van der Waals surface area contributed by atoms with Crippen LogP contribution in [-0.2, 0) is 0 Å². The topological polar surface area (TPSA) is 0 Å². The van der Waals surface area contributed by atoms with Gasteiger partial charge in [-0.15, -0.1) is 5.46 Å². The molecule has 72 valence electrons. The van der Waals surface area contributed by atoms with Gasteiger partial charge in [0.25, 0.3) is 0 Å². The van der Waals surface area contributed by atoms with Gasteiger partial charge in [0.1, 0.15) is 0 Å². The summed E-state index contributed by atoms with van der Waals surface area (Å²) < 4.78 is 37.4. The Hall–Kier alpha value is -0.635. The first-order valence-electron chi connectivity index (χ1n) is 3.79. The van der Waals surface area contributed by atoms with Crippen molar-refractivity contribution in [2.75, 3.05) is 0 Å². The second kappa shape index (κ2) is 3.26. The minimum absolute atomic E-state index is 0.192. The van der Waals surface area contributed by atoms with Gasteiger partial charge in [-0.05, 0) is 26.0 Å². The third kappa shape index (κ3) is 2.18. The summed E-state index contributed by atoms with van der Waals surface area (Å²) in [4.78, 5) is 0. The third-order valence-electron chi connectivity index (χ3n) is 1.89. The predicted octanol–water partition coefficient (Wildman–Crippen LogP) is 3.01. The van der Waals surface area contributed by atoms with E-state index >= 15 is 0 Å². The van der Waals surface area contributed by atoms with Crippen molar-refractivity contribution < 1.29 is 12.9 Å². The van der Waals surface area contributed by atoms with Crippen LogP contribution in [-0.4, -0.2) is 6.98 Å². The number of aryl methyl sites for hydroxylation is 2. The molecule has 0 nitrogen and oxygen atoms in total. The zero-order chi connectivity index (χ0) is 10.2. The Kier molecular flexibility index (Phi) is 2.62. The zero-order valence-electron chi connectivity index (χ0n) is 7.24. The number of rotatable bonds is 1. The lowest BCUT2D eigenvalue weighted by molar-refractivity contribution is 0.500. The Bertz CT molecular complexity index is 310. The molecule has 1 aromatic carbocycles. The molecular formula is C8H8BClF3-.